The average Bonchev–Trinajstić information content (AvgIpc) is 3.51. The maximum atomic E-state index is 9.52. The summed E-state index contributed by atoms with van der Waals surface area (Å²) in [7, 11) is 3.69. The Morgan fingerprint density at radius 3 is 2.79 bits per heavy atom. The van der Waals surface area contributed by atoms with Gasteiger partial charge in [0.1, 0.15) is 17.4 Å². The summed E-state index contributed by atoms with van der Waals surface area (Å²) in [5.74, 6) is 0.453. The number of nitriles is 1. The molecule has 0 atom stereocenters. The number of fused-ring (bicyclic) bond motifs is 1. The van der Waals surface area contributed by atoms with E-state index >= 15 is 0 Å². The summed E-state index contributed by atoms with van der Waals surface area (Å²) in [6.45, 7) is 4.51. The van der Waals surface area contributed by atoms with Gasteiger partial charge in [-0.2, -0.15) is 10.4 Å². The van der Waals surface area contributed by atoms with E-state index in [1.54, 1.807) is 17.9 Å². The van der Waals surface area contributed by atoms with Crippen molar-refractivity contribution in [2.24, 2.45) is 7.05 Å². The van der Waals surface area contributed by atoms with E-state index in [4.69, 9.17) is 4.42 Å². The van der Waals surface area contributed by atoms with Crippen molar-refractivity contribution in [1.29, 1.82) is 5.26 Å². The number of pyridine rings is 1. The number of benzene rings is 1. The number of hydrogen-bond acceptors (Lipinski definition) is 7. The average molecular weight is 438 g/mol. The highest BCUT2D eigenvalue weighted by Crippen LogP contribution is 2.32. The zero-order valence-electron chi connectivity index (χ0n) is 18.8. The molecule has 9 nitrogen and oxygen atoms in total. The van der Waals surface area contributed by atoms with Crippen molar-refractivity contribution in [3.63, 3.8) is 0 Å². The molecule has 0 N–H and O–H groups in total. The van der Waals surface area contributed by atoms with Crippen LogP contribution in [0.1, 0.15) is 22.5 Å². The molecule has 164 valence electrons. The first-order valence-corrected chi connectivity index (χ1v) is 10.5. The molecule has 0 spiro atoms. The van der Waals surface area contributed by atoms with E-state index in [2.05, 4.69) is 26.3 Å². The monoisotopic (exact) mass is 438 g/mol. The predicted molar refractivity (Wildman–Crippen MR) is 123 cm³/mol. The SMILES string of the molecule is Cc1cc(-c2c(C)nn(C)c2C#N)ccc1-c1nnc(N(C)Cc2ccc3nccn3c2)o1. The van der Waals surface area contributed by atoms with E-state index in [0.29, 0.717) is 24.1 Å². The van der Waals surface area contributed by atoms with Gasteiger partial charge < -0.3 is 13.7 Å². The van der Waals surface area contributed by atoms with Crippen LogP contribution in [0.25, 0.3) is 28.2 Å². The topological polar surface area (TPSA) is 101 Å². The van der Waals surface area contributed by atoms with E-state index in [0.717, 1.165) is 39.2 Å². The van der Waals surface area contributed by atoms with Crippen LogP contribution in [0.5, 0.6) is 0 Å². The number of imidazole rings is 1. The molecule has 4 heterocycles. The lowest BCUT2D eigenvalue weighted by Gasteiger charge is -2.14. The Labute approximate surface area is 190 Å². The van der Waals surface area contributed by atoms with Gasteiger partial charge in [-0.1, -0.05) is 23.3 Å². The summed E-state index contributed by atoms with van der Waals surface area (Å²) in [4.78, 5) is 6.18. The van der Waals surface area contributed by atoms with Crippen molar-refractivity contribution >= 4 is 11.7 Å². The maximum Gasteiger partial charge on any atom is 0.318 e. The Balaban J connectivity index is 1.40. The normalized spacial score (nSPS) is 11.1. The minimum atomic E-state index is 0.439. The number of aromatic nitrogens is 6. The molecule has 0 unspecified atom stereocenters. The molecule has 5 rings (SSSR count). The minimum Gasteiger partial charge on any atom is -0.403 e. The van der Waals surface area contributed by atoms with Gasteiger partial charge in [0.15, 0.2) is 0 Å². The molecule has 0 fully saturated rings. The first-order chi connectivity index (χ1) is 15.9. The zero-order chi connectivity index (χ0) is 23.1. The summed E-state index contributed by atoms with van der Waals surface area (Å²) < 4.78 is 9.58. The molecule has 4 aromatic heterocycles. The summed E-state index contributed by atoms with van der Waals surface area (Å²) in [6, 6.07) is 12.6. The van der Waals surface area contributed by atoms with Crippen molar-refractivity contribution < 1.29 is 4.42 Å². The third kappa shape index (κ3) is 3.61. The van der Waals surface area contributed by atoms with Crippen LogP contribution in [0.15, 0.2) is 53.3 Å². The van der Waals surface area contributed by atoms with Crippen LogP contribution in [-0.4, -0.2) is 36.4 Å². The maximum absolute atomic E-state index is 9.52. The first kappa shape index (κ1) is 20.5. The van der Waals surface area contributed by atoms with Gasteiger partial charge in [0.05, 0.1) is 5.69 Å². The number of aryl methyl sites for hydroxylation is 3. The number of anilines is 1. The summed E-state index contributed by atoms with van der Waals surface area (Å²) in [5, 5.41) is 22.4. The molecule has 0 aliphatic carbocycles. The first-order valence-electron chi connectivity index (χ1n) is 10.5. The van der Waals surface area contributed by atoms with Gasteiger partial charge in [0, 0.05) is 50.4 Å². The van der Waals surface area contributed by atoms with Crippen LogP contribution in [-0.2, 0) is 13.6 Å². The van der Waals surface area contributed by atoms with Crippen molar-refractivity contribution in [3.05, 3.63) is 71.4 Å². The molecule has 9 heteroatoms. The molecule has 5 aromatic rings. The van der Waals surface area contributed by atoms with E-state index < -0.39 is 0 Å². The lowest BCUT2D eigenvalue weighted by atomic mass is 9.98. The fourth-order valence-corrected chi connectivity index (χ4v) is 4.07. The summed E-state index contributed by atoms with van der Waals surface area (Å²) in [6.07, 6.45) is 5.73. The van der Waals surface area contributed by atoms with Crippen LogP contribution in [0.4, 0.5) is 6.01 Å². The van der Waals surface area contributed by atoms with Gasteiger partial charge in [-0.15, -0.1) is 5.10 Å². The molecule has 0 saturated heterocycles. The van der Waals surface area contributed by atoms with Crippen LogP contribution in [0.2, 0.25) is 0 Å². The molecule has 0 aliphatic heterocycles. The largest absolute Gasteiger partial charge is 0.403 e. The fourth-order valence-electron chi connectivity index (χ4n) is 4.07. The van der Waals surface area contributed by atoms with E-state index in [1.807, 2.05) is 72.9 Å². The predicted octanol–water partition coefficient (Wildman–Crippen LogP) is 3.91. The molecule has 0 aliphatic rings. The fraction of sp³-hybridized carbons (Fsp3) is 0.208. The molecule has 33 heavy (non-hydrogen) atoms. The zero-order valence-corrected chi connectivity index (χ0v) is 18.8. The number of nitrogens with zero attached hydrogens (tertiary/aromatic N) is 8. The van der Waals surface area contributed by atoms with Gasteiger partial charge in [-0.3, -0.25) is 4.68 Å². The lowest BCUT2D eigenvalue weighted by Crippen LogP contribution is -2.17. The van der Waals surface area contributed by atoms with Crippen LogP contribution < -0.4 is 4.90 Å². The van der Waals surface area contributed by atoms with Crippen molar-refractivity contribution in [2.45, 2.75) is 20.4 Å². The van der Waals surface area contributed by atoms with Crippen molar-refractivity contribution in [1.82, 2.24) is 29.4 Å². The highest BCUT2D eigenvalue weighted by molar-refractivity contribution is 5.75. The molecular weight excluding hydrogens is 416 g/mol. The standard InChI is InChI=1S/C24H22N8O/c1-15-11-18(22-16(2)29-31(4)20(22)12-25)6-7-19(15)23-27-28-24(33-23)30(3)13-17-5-8-21-26-9-10-32(21)14-17/h5-11,14H,13H2,1-4H3. The van der Waals surface area contributed by atoms with E-state index in [1.165, 1.54) is 0 Å². The van der Waals surface area contributed by atoms with Gasteiger partial charge in [0.2, 0.25) is 5.89 Å². The molecule has 1 aromatic carbocycles. The summed E-state index contributed by atoms with van der Waals surface area (Å²) in [5.41, 5.74) is 6.97. The van der Waals surface area contributed by atoms with Gasteiger partial charge in [0.25, 0.3) is 0 Å². The Morgan fingerprint density at radius 1 is 1.15 bits per heavy atom. The van der Waals surface area contributed by atoms with Crippen LogP contribution in [0.3, 0.4) is 0 Å². The third-order valence-corrected chi connectivity index (χ3v) is 5.68. The smallest absolute Gasteiger partial charge is 0.318 e. The summed E-state index contributed by atoms with van der Waals surface area (Å²) >= 11 is 0. The molecular formula is C24H22N8O. The third-order valence-electron chi connectivity index (χ3n) is 5.68. The van der Waals surface area contributed by atoms with Gasteiger partial charge >= 0.3 is 6.01 Å². The second-order valence-corrected chi connectivity index (χ2v) is 8.05. The highest BCUT2D eigenvalue weighted by atomic mass is 16.4. The minimum absolute atomic E-state index is 0.439. The molecule has 0 radical (unpaired) electrons. The Hall–Kier alpha value is -4.45. The van der Waals surface area contributed by atoms with Crippen molar-refractivity contribution in [3.8, 4) is 28.7 Å². The van der Waals surface area contributed by atoms with Crippen LogP contribution >= 0.6 is 0 Å². The molecule has 0 amide bonds. The van der Waals surface area contributed by atoms with E-state index in [9.17, 15) is 5.26 Å². The lowest BCUT2D eigenvalue weighted by molar-refractivity contribution is 0.554. The molecule has 0 saturated carbocycles. The Morgan fingerprint density at radius 2 is 2.00 bits per heavy atom. The van der Waals surface area contributed by atoms with Crippen molar-refractivity contribution in [2.75, 3.05) is 11.9 Å². The second-order valence-electron chi connectivity index (χ2n) is 8.05. The quantitative estimate of drug-likeness (QED) is 0.410. The number of rotatable bonds is 5. The van der Waals surface area contributed by atoms with E-state index in [-0.39, 0.29) is 0 Å². The number of hydrogen-bond donors (Lipinski definition) is 0. The van der Waals surface area contributed by atoms with Gasteiger partial charge in [-0.05, 0) is 42.7 Å². The Bertz CT molecular complexity index is 1520. The molecule has 0 bridgehead atoms. The van der Waals surface area contributed by atoms with Crippen LogP contribution in [0, 0.1) is 25.2 Å². The Kier molecular flexibility index (Phi) is 4.90. The van der Waals surface area contributed by atoms with Gasteiger partial charge in [-0.25, -0.2) is 4.98 Å². The highest BCUT2D eigenvalue weighted by Gasteiger charge is 2.18. The second kappa shape index (κ2) is 7.91.